The Hall–Kier alpha value is -0.0800. The molecule has 12 heavy (non-hydrogen) atoms. The first kappa shape index (κ1) is 8.52. The van der Waals surface area contributed by atoms with Gasteiger partial charge >= 0.3 is 0 Å². The van der Waals surface area contributed by atoms with Crippen LogP contribution in [-0.4, -0.2) is 30.6 Å². The van der Waals surface area contributed by atoms with E-state index in [4.69, 9.17) is 5.73 Å². The normalized spacial score (nSPS) is 46.8. The molecule has 0 spiro atoms. The number of hydrogen-bond acceptors (Lipinski definition) is 2. The zero-order chi connectivity index (χ0) is 8.93. The lowest BCUT2D eigenvalue weighted by molar-refractivity contribution is 0.210. The van der Waals surface area contributed by atoms with E-state index in [0.29, 0.717) is 5.41 Å². The van der Waals surface area contributed by atoms with E-state index in [2.05, 4.69) is 25.7 Å². The highest BCUT2D eigenvalue weighted by Gasteiger charge is 2.64. The summed E-state index contributed by atoms with van der Waals surface area (Å²) in [6, 6.07) is 0.722. The van der Waals surface area contributed by atoms with Gasteiger partial charge in [0.15, 0.2) is 0 Å². The first-order valence-electron chi connectivity index (χ1n) is 5.03. The average molecular weight is 168 g/mol. The Labute approximate surface area is 75.1 Å². The lowest BCUT2D eigenvalue weighted by atomic mass is 10.0. The molecule has 0 bridgehead atoms. The van der Waals surface area contributed by atoms with Gasteiger partial charge in [-0.1, -0.05) is 6.92 Å². The van der Waals surface area contributed by atoms with Gasteiger partial charge in [-0.05, 0) is 37.6 Å². The molecule has 2 N–H and O–H groups in total. The van der Waals surface area contributed by atoms with Crippen LogP contribution in [0, 0.1) is 17.3 Å². The highest BCUT2D eigenvalue weighted by Crippen LogP contribution is 2.61. The van der Waals surface area contributed by atoms with Crippen molar-refractivity contribution < 1.29 is 0 Å². The molecule has 2 rings (SSSR count). The van der Waals surface area contributed by atoms with E-state index in [9.17, 15) is 0 Å². The van der Waals surface area contributed by atoms with E-state index in [1.54, 1.807) is 0 Å². The summed E-state index contributed by atoms with van der Waals surface area (Å²) in [5.41, 5.74) is 6.27. The molecular weight excluding hydrogens is 148 g/mol. The van der Waals surface area contributed by atoms with Crippen LogP contribution in [-0.2, 0) is 0 Å². The maximum Gasteiger partial charge on any atom is 0.00388 e. The van der Waals surface area contributed by atoms with E-state index in [0.717, 1.165) is 24.4 Å². The Morgan fingerprint density at radius 2 is 1.92 bits per heavy atom. The maximum absolute atomic E-state index is 5.76. The van der Waals surface area contributed by atoms with Crippen LogP contribution in [0.25, 0.3) is 0 Å². The van der Waals surface area contributed by atoms with Gasteiger partial charge in [0.2, 0.25) is 0 Å². The summed E-state index contributed by atoms with van der Waals surface area (Å²) >= 11 is 0. The van der Waals surface area contributed by atoms with Gasteiger partial charge in [0.05, 0.1) is 0 Å². The standard InChI is InChI=1S/C10H20N2/c1-7(2)12-4-8-9(5-12)10(8,3)6-11/h7-9H,4-6,11H2,1-3H3. The molecule has 2 aliphatic rings. The summed E-state index contributed by atoms with van der Waals surface area (Å²) in [4.78, 5) is 2.58. The average Bonchev–Trinajstić information content (AvgIpc) is 2.51. The van der Waals surface area contributed by atoms with Crippen LogP contribution in [0.4, 0.5) is 0 Å². The number of piperidine rings is 1. The van der Waals surface area contributed by atoms with Crippen LogP contribution in [0.15, 0.2) is 0 Å². The molecule has 0 radical (unpaired) electrons. The van der Waals surface area contributed by atoms with Gasteiger partial charge in [-0.3, -0.25) is 0 Å². The molecule has 1 heterocycles. The van der Waals surface area contributed by atoms with E-state index >= 15 is 0 Å². The van der Waals surface area contributed by atoms with E-state index < -0.39 is 0 Å². The van der Waals surface area contributed by atoms with Crippen molar-refractivity contribution in [3.8, 4) is 0 Å². The SMILES string of the molecule is CC(C)N1CC2C(C1)C2(C)CN. The molecule has 1 aliphatic carbocycles. The smallest absolute Gasteiger partial charge is 0.00388 e. The van der Waals surface area contributed by atoms with Gasteiger partial charge in [-0.2, -0.15) is 0 Å². The van der Waals surface area contributed by atoms with Crippen molar-refractivity contribution in [3.05, 3.63) is 0 Å². The van der Waals surface area contributed by atoms with E-state index in [1.165, 1.54) is 13.1 Å². The predicted octanol–water partition coefficient (Wildman–Crippen LogP) is 0.921. The minimum atomic E-state index is 0.505. The molecule has 0 aromatic rings. The summed E-state index contributed by atoms with van der Waals surface area (Å²) in [5.74, 6) is 1.81. The van der Waals surface area contributed by atoms with Gasteiger partial charge in [0.1, 0.15) is 0 Å². The van der Waals surface area contributed by atoms with Crippen LogP contribution < -0.4 is 5.73 Å². The van der Waals surface area contributed by atoms with E-state index in [1.807, 2.05) is 0 Å². The molecule has 1 saturated carbocycles. The molecule has 0 aromatic heterocycles. The monoisotopic (exact) mass is 168 g/mol. The molecule has 1 saturated heterocycles. The Morgan fingerprint density at radius 3 is 2.25 bits per heavy atom. The number of rotatable bonds is 2. The van der Waals surface area contributed by atoms with Crippen molar-refractivity contribution in [3.63, 3.8) is 0 Å². The molecule has 2 nitrogen and oxygen atoms in total. The van der Waals surface area contributed by atoms with Gasteiger partial charge in [0.25, 0.3) is 0 Å². The van der Waals surface area contributed by atoms with Crippen molar-refractivity contribution in [1.29, 1.82) is 0 Å². The molecule has 2 atom stereocenters. The lowest BCUT2D eigenvalue weighted by Gasteiger charge is -2.26. The summed E-state index contributed by atoms with van der Waals surface area (Å²) < 4.78 is 0. The minimum Gasteiger partial charge on any atom is -0.330 e. The zero-order valence-electron chi connectivity index (χ0n) is 8.38. The molecule has 0 amide bonds. The Morgan fingerprint density at radius 1 is 1.42 bits per heavy atom. The largest absolute Gasteiger partial charge is 0.330 e. The third-order valence-electron chi connectivity index (χ3n) is 4.10. The van der Waals surface area contributed by atoms with Gasteiger partial charge in [0, 0.05) is 19.1 Å². The molecule has 2 unspecified atom stereocenters. The molecule has 70 valence electrons. The number of nitrogens with zero attached hydrogens (tertiary/aromatic N) is 1. The van der Waals surface area contributed by atoms with Crippen molar-refractivity contribution in [1.82, 2.24) is 4.90 Å². The molecular formula is C10H20N2. The molecule has 1 aliphatic heterocycles. The fourth-order valence-electron chi connectivity index (χ4n) is 2.74. The number of likely N-dealkylation sites (tertiary alicyclic amines) is 1. The van der Waals surface area contributed by atoms with Crippen LogP contribution in [0.2, 0.25) is 0 Å². The Kier molecular flexibility index (Phi) is 1.74. The van der Waals surface area contributed by atoms with Crippen molar-refractivity contribution in [2.75, 3.05) is 19.6 Å². The first-order valence-corrected chi connectivity index (χ1v) is 5.03. The summed E-state index contributed by atoms with van der Waals surface area (Å²) in [7, 11) is 0. The lowest BCUT2D eigenvalue weighted by Crippen LogP contribution is -2.35. The molecule has 2 fully saturated rings. The fourth-order valence-corrected chi connectivity index (χ4v) is 2.74. The Bertz CT molecular complexity index is 176. The zero-order valence-corrected chi connectivity index (χ0v) is 8.38. The van der Waals surface area contributed by atoms with Gasteiger partial charge in [-0.15, -0.1) is 0 Å². The second-order valence-electron chi connectivity index (χ2n) is 4.97. The fraction of sp³-hybridized carbons (Fsp3) is 1.00. The van der Waals surface area contributed by atoms with Crippen LogP contribution in [0.5, 0.6) is 0 Å². The van der Waals surface area contributed by atoms with Crippen LogP contribution in [0.3, 0.4) is 0 Å². The number of hydrogen-bond donors (Lipinski definition) is 1. The van der Waals surface area contributed by atoms with Crippen LogP contribution in [0.1, 0.15) is 20.8 Å². The van der Waals surface area contributed by atoms with Crippen LogP contribution >= 0.6 is 0 Å². The number of nitrogens with two attached hydrogens (primary N) is 1. The highest BCUT2D eigenvalue weighted by molar-refractivity contribution is 5.14. The predicted molar refractivity (Wildman–Crippen MR) is 50.9 cm³/mol. The summed E-state index contributed by atoms with van der Waals surface area (Å²) in [5, 5.41) is 0. The maximum atomic E-state index is 5.76. The minimum absolute atomic E-state index is 0.505. The second-order valence-corrected chi connectivity index (χ2v) is 4.97. The third-order valence-corrected chi connectivity index (χ3v) is 4.10. The quantitative estimate of drug-likeness (QED) is 0.664. The van der Waals surface area contributed by atoms with E-state index in [-0.39, 0.29) is 0 Å². The second kappa shape index (κ2) is 2.46. The number of fused-ring (bicyclic) bond motifs is 1. The van der Waals surface area contributed by atoms with Gasteiger partial charge < -0.3 is 10.6 Å². The van der Waals surface area contributed by atoms with Gasteiger partial charge in [-0.25, -0.2) is 0 Å². The van der Waals surface area contributed by atoms with Crippen molar-refractivity contribution in [2.24, 2.45) is 23.0 Å². The highest BCUT2D eigenvalue weighted by atomic mass is 15.2. The summed E-state index contributed by atoms with van der Waals surface area (Å²) in [6.07, 6.45) is 0. The molecule has 0 aromatic carbocycles. The van der Waals surface area contributed by atoms with Crippen molar-refractivity contribution >= 4 is 0 Å². The first-order chi connectivity index (χ1) is 5.59. The van der Waals surface area contributed by atoms with Crippen molar-refractivity contribution in [2.45, 2.75) is 26.8 Å². The summed E-state index contributed by atoms with van der Waals surface area (Å²) in [6.45, 7) is 10.4. The Balaban J connectivity index is 1.94. The third kappa shape index (κ3) is 0.944. The molecule has 2 heteroatoms. The topological polar surface area (TPSA) is 29.3 Å².